The normalized spacial score (nSPS) is 27.8. The van der Waals surface area contributed by atoms with Gasteiger partial charge in [-0.1, -0.05) is 6.92 Å². The fourth-order valence-corrected chi connectivity index (χ4v) is 2.92. The molecule has 1 saturated heterocycles. The van der Waals surface area contributed by atoms with Crippen LogP contribution in [0.3, 0.4) is 0 Å². The molecule has 1 N–H and O–H groups in total. The summed E-state index contributed by atoms with van der Waals surface area (Å²) in [5.41, 5.74) is 0. The molecule has 1 aromatic rings. The maximum absolute atomic E-state index is 4.26. The number of aromatic nitrogens is 2. The van der Waals surface area contributed by atoms with Crippen molar-refractivity contribution in [2.75, 3.05) is 16.8 Å². The zero-order valence-electron chi connectivity index (χ0n) is 8.03. The van der Waals surface area contributed by atoms with E-state index in [2.05, 4.69) is 17.2 Å². The third-order valence-corrected chi connectivity index (χ3v) is 3.86. The molecule has 0 aromatic carbocycles. The molecule has 0 bridgehead atoms. The summed E-state index contributed by atoms with van der Waals surface area (Å²) in [5, 5.41) is 3.47. The maximum atomic E-state index is 4.26. The lowest BCUT2D eigenvalue weighted by molar-refractivity contribution is 0.592. The van der Waals surface area contributed by atoms with E-state index < -0.39 is 0 Å². The average Bonchev–Trinajstić information content (AvgIpc) is 2.65. The summed E-state index contributed by atoms with van der Waals surface area (Å²) < 4.78 is 2.02. The van der Waals surface area contributed by atoms with Crippen LogP contribution in [-0.2, 0) is 7.05 Å². The van der Waals surface area contributed by atoms with Crippen molar-refractivity contribution in [3.63, 3.8) is 0 Å². The Morgan fingerprint density at radius 1 is 1.62 bits per heavy atom. The number of hydrogen-bond donors (Lipinski definition) is 1. The predicted octanol–water partition coefficient (Wildman–Crippen LogP) is 1.58. The summed E-state index contributed by atoms with van der Waals surface area (Å²) in [6.07, 6.45) is 3.80. The predicted molar refractivity (Wildman–Crippen MR) is 57.1 cm³/mol. The second-order valence-electron chi connectivity index (χ2n) is 3.63. The first-order valence-corrected chi connectivity index (χ1v) is 5.74. The molecule has 3 nitrogen and oxygen atoms in total. The number of hydrogen-bond acceptors (Lipinski definition) is 3. The molecule has 13 heavy (non-hydrogen) atoms. The van der Waals surface area contributed by atoms with Crippen molar-refractivity contribution in [3.05, 3.63) is 12.4 Å². The van der Waals surface area contributed by atoms with E-state index in [1.165, 1.54) is 11.5 Å². The van der Waals surface area contributed by atoms with Crippen molar-refractivity contribution in [2.45, 2.75) is 13.0 Å². The Bertz CT molecular complexity index is 284. The van der Waals surface area contributed by atoms with Gasteiger partial charge in [0.15, 0.2) is 0 Å². The molecule has 2 heterocycles. The molecule has 0 spiro atoms. The number of nitrogens with one attached hydrogen (secondary N) is 1. The van der Waals surface area contributed by atoms with Crippen LogP contribution in [0, 0.1) is 5.92 Å². The van der Waals surface area contributed by atoms with Crippen molar-refractivity contribution in [3.8, 4) is 0 Å². The minimum Gasteiger partial charge on any atom is -0.352 e. The van der Waals surface area contributed by atoms with Crippen molar-refractivity contribution in [1.29, 1.82) is 0 Å². The minimum atomic E-state index is 0.589. The highest BCUT2D eigenvalue weighted by atomic mass is 32.2. The monoisotopic (exact) mass is 197 g/mol. The van der Waals surface area contributed by atoms with Crippen LogP contribution in [0.25, 0.3) is 0 Å². The van der Waals surface area contributed by atoms with Crippen LogP contribution in [0.15, 0.2) is 12.4 Å². The van der Waals surface area contributed by atoms with Gasteiger partial charge >= 0.3 is 0 Å². The van der Waals surface area contributed by atoms with Crippen molar-refractivity contribution in [1.82, 2.24) is 9.55 Å². The highest BCUT2D eigenvalue weighted by molar-refractivity contribution is 7.99. The van der Waals surface area contributed by atoms with Crippen molar-refractivity contribution in [2.24, 2.45) is 13.0 Å². The Labute approximate surface area is 82.9 Å². The minimum absolute atomic E-state index is 0.589. The van der Waals surface area contributed by atoms with Gasteiger partial charge in [-0.3, -0.25) is 0 Å². The van der Waals surface area contributed by atoms with E-state index in [4.69, 9.17) is 0 Å². The Morgan fingerprint density at radius 3 is 3.00 bits per heavy atom. The summed E-state index contributed by atoms with van der Waals surface area (Å²) in [6.45, 7) is 2.29. The molecule has 1 fully saturated rings. The fourth-order valence-electron chi connectivity index (χ4n) is 1.52. The summed E-state index contributed by atoms with van der Waals surface area (Å²) >= 11 is 2.02. The van der Waals surface area contributed by atoms with Gasteiger partial charge in [0.25, 0.3) is 0 Å². The summed E-state index contributed by atoms with van der Waals surface area (Å²) in [4.78, 5) is 4.26. The third kappa shape index (κ3) is 1.82. The largest absolute Gasteiger partial charge is 0.352 e. The molecule has 1 aromatic heterocycles. The van der Waals surface area contributed by atoms with E-state index in [1.807, 2.05) is 35.8 Å². The lowest BCUT2D eigenvalue weighted by Gasteiger charge is -2.16. The number of aryl methyl sites for hydroxylation is 1. The molecule has 2 unspecified atom stereocenters. The van der Waals surface area contributed by atoms with Gasteiger partial charge in [-0.15, -0.1) is 0 Å². The Morgan fingerprint density at radius 2 is 2.46 bits per heavy atom. The molecular formula is C9H15N3S. The number of rotatable bonds is 2. The standard InChI is InChI=1S/C9H15N3S/c1-7-5-13-6-8(7)11-9-10-3-4-12(9)2/h3-4,7-8H,5-6H2,1-2H3,(H,10,11). The fraction of sp³-hybridized carbons (Fsp3) is 0.667. The van der Waals surface area contributed by atoms with Crippen LogP contribution >= 0.6 is 11.8 Å². The Hall–Kier alpha value is -0.640. The molecule has 0 amide bonds. The Balaban J connectivity index is 2.01. The van der Waals surface area contributed by atoms with Gasteiger partial charge in [0.1, 0.15) is 0 Å². The van der Waals surface area contributed by atoms with E-state index in [0.29, 0.717) is 6.04 Å². The van der Waals surface area contributed by atoms with E-state index in [0.717, 1.165) is 11.9 Å². The van der Waals surface area contributed by atoms with Crippen LogP contribution in [0.1, 0.15) is 6.92 Å². The second kappa shape index (κ2) is 3.62. The van der Waals surface area contributed by atoms with Gasteiger partial charge in [0.2, 0.25) is 5.95 Å². The highest BCUT2D eigenvalue weighted by Crippen LogP contribution is 2.25. The van der Waals surface area contributed by atoms with Gasteiger partial charge in [-0.25, -0.2) is 4.98 Å². The molecule has 0 radical (unpaired) electrons. The molecular weight excluding hydrogens is 182 g/mol. The number of imidazole rings is 1. The van der Waals surface area contributed by atoms with Crippen LogP contribution in [0.5, 0.6) is 0 Å². The lowest BCUT2D eigenvalue weighted by atomic mass is 10.1. The first kappa shape index (κ1) is 8.94. The quantitative estimate of drug-likeness (QED) is 0.780. The van der Waals surface area contributed by atoms with Crippen molar-refractivity contribution < 1.29 is 0 Å². The first-order valence-electron chi connectivity index (χ1n) is 4.59. The molecule has 0 saturated carbocycles. The molecule has 2 rings (SSSR count). The first-order chi connectivity index (χ1) is 6.27. The van der Waals surface area contributed by atoms with E-state index in [9.17, 15) is 0 Å². The van der Waals surface area contributed by atoms with Crippen LogP contribution in [-0.4, -0.2) is 27.1 Å². The van der Waals surface area contributed by atoms with Gasteiger partial charge in [-0.2, -0.15) is 11.8 Å². The average molecular weight is 197 g/mol. The zero-order chi connectivity index (χ0) is 9.26. The smallest absolute Gasteiger partial charge is 0.202 e. The third-order valence-electron chi connectivity index (χ3n) is 2.50. The van der Waals surface area contributed by atoms with Crippen LogP contribution < -0.4 is 5.32 Å². The Kier molecular flexibility index (Phi) is 2.49. The molecule has 72 valence electrons. The van der Waals surface area contributed by atoms with E-state index >= 15 is 0 Å². The highest BCUT2D eigenvalue weighted by Gasteiger charge is 2.24. The van der Waals surface area contributed by atoms with Gasteiger partial charge in [0.05, 0.1) is 0 Å². The molecule has 1 aliphatic heterocycles. The summed E-state index contributed by atoms with van der Waals surface area (Å²) in [6, 6.07) is 0.589. The summed E-state index contributed by atoms with van der Waals surface area (Å²) in [7, 11) is 2.02. The topological polar surface area (TPSA) is 29.9 Å². The van der Waals surface area contributed by atoms with Gasteiger partial charge in [0, 0.05) is 31.2 Å². The van der Waals surface area contributed by atoms with E-state index in [-0.39, 0.29) is 0 Å². The van der Waals surface area contributed by atoms with E-state index in [1.54, 1.807) is 0 Å². The molecule has 4 heteroatoms. The lowest BCUT2D eigenvalue weighted by Crippen LogP contribution is -2.27. The van der Waals surface area contributed by atoms with Crippen molar-refractivity contribution >= 4 is 17.7 Å². The second-order valence-corrected chi connectivity index (χ2v) is 4.70. The number of thioether (sulfide) groups is 1. The van der Waals surface area contributed by atoms with Gasteiger partial charge in [-0.05, 0) is 11.7 Å². The van der Waals surface area contributed by atoms with Crippen LogP contribution in [0.4, 0.5) is 5.95 Å². The number of anilines is 1. The zero-order valence-corrected chi connectivity index (χ0v) is 8.84. The number of nitrogens with zero attached hydrogens (tertiary/aromatic N) is 2. The SMILES string of the molecule is CC1CSCC1Nc1nccn1C. The van der Waals surface area contributed by atoms with Gasteiger partial charge < -0.3 is 9.88 Å². The molecule has 1 aliphatic rings. The maximum Gasteiger partial charge on any atom is 0.202 e. The molecule has 0 aliphatic carbocycles. The van der Waals surface area contributed by atoms with Crippen LogP contribution in [0.2, 0.25) is 0 Å². The molecule has 2 atom stereocenters. The summed E-state index contributed by atoms with van der Waals surface area (Å²) in [5.74, 6) is 4.21.